The van der Waals surface area contributed by atoms with E-state index in [1.807, 2.05) is 11.9 Å². The molecule has 0 fully saturated rings. The van der Waals surface area contributed by atoms with Crippen LogP contribution in [0.3, 0.4) is 0 Å². The zero-order chi connectivity index (χ0) is 15.2. The molecule has 0 atom stereocenters. The Morgan fingerprint density at radius 2 is 2.05 bits per heavy atom. The number of ether oxygens (including phenoxy) is 1. The van der Waals surface area contributed by atoms with Gasteiger partial charge in [0.15, 0.2) is 9.84 Å². The molecule has 0 amide bonds. The van der Waals surface area contributed by atoms with Crippen LogP contribution in [0.25, 0.3) is 0 Å². The third-order valence-corrected chi connectivity index (χ3v) is 4.67. The molecule has 0 saturated heterocycles. The Kier molecular flexibility index (Phi) is 6.09. The second kappa shape index (κ2) is 7.35. The van der Waals surface area contributed by atoms with Crippen molar-refractivity contribution < 1.29 is 13.2 Å². The molecule has 7 heteroatoms. The Bertz CT molecular complexity index is 558. The van der Waals surface area contributed by atoms with E-state index < -0.39 is 9.84 Å². The van der Waals surface area contributed by atoms with Gasteiger partial charge in [-0.25, -0.2) is 13.9 Å². The van der Waals surface area contributed by atoms with Crippen LogP contribution in [-0.2, 0) is 9.84 Å². The maximum absolute atomic E-state index is 12.2. The monoisotopic (exact) mass is 299 g/mol. The summed E-state index contributed by atoms with van der Waals surface area (Å²) in [6.07, 6.45) is 0.987. The van der Waals surface area contributed by atoms with Crippen LogP contribution in [0.2, 0.25) is 0 Å². The van der Waals surface area contributed by atoms with Gasteiger partial charge in [0.1, 0.15) is 11.4 Å². The van der Waals surface area contributed by atoms with Crippen LogP contribution in [0, 0.1) is 5.53 Å². The van der Waals surface area contributed by atoms with E-state index >= 15 is 0 Å². The van der Waals surface area contributed by atoms with Crippen molar-refractivity contribution in [1.82, 2.24) is 4.90 Å². The molecule has 0 heterocycles. The second-order valence-electron chi connectivity index (χ2n) is 4.57. The van der Waals surface area contributed by atoms with Gasteiger partial charge in [0.05, 0.1) is 17.8 Å². The minimum Gasteiger partial charge on any atom is -0.494 e. The van der Waals surface area contributed by atoms with Gasteiger partial charge >= 0.3 is 0 Å². The SMILES string of the molecule is CCCN(C)CCS(=O)(=O)c1ccc(OC)c(N=N)c1. The van der Waals surface area contributed by atoms with Gasteiger partial charge in [0, 0.05) is 6.54 Å². The molecule has 20 heavy (non-hydrogen) atoms. The number of hydrogen-bond donors (Lipinski definition) is 1. The predicted octanol–water partition coefficient (Wildman–Crippen LogP) is 2.47. The van der Waals surface area contributed by atoms with Gasteiger partial charge < -0.3 is 9.64 Å². The lowest BCUT2D eigenvalue weighted by Gasteiger charge is -2.15. The average Bonchev–Trinajstić information content (AvgIpc) is 2.44. The molecule has 0 spiro atoms. The zero-order valence-electron chi connectivity index (χ0n) is 12.1. The lowest BCUT2D eigenvalue weighted by atomic mass is 10.3. The molecule has 0 radical (unpaired) electrons. The van der Waals surface area contributed by atoms with Gasteiger partial charge in [-0.1, -0.05) is 6.92 Å². The highest BCUT2D eigenvalue weighted by Gasteiger charge is 2.17. The summed E-state index contributed by atoms with van der Waals surface area (Å²) in [5.41, 5.74) is 7.27. The molecule has 0 aliphatic heterocycles. The molecule has 1 aromatic carbocycles. The Labute approximate surface area is 120 Å². The molecular formula is C13H21N3O3S. The smallest absolute Gasteiger partial charge is 0.179 e. The van der Waals surface area contributed by atoms with E-state index in [1.54, 1.807) is 0 Å². The topological polar surface area (TPSA) is 82.8 Å². The third kappa shape index (κ3) is 4.28. The number of sulfone groups is 1. The maximum atomic E-state index is 12.2. The first kappa shape index (κ1) is 16.6. The molecular weight excluding hydrogens is 278 g/mol. The third-order valence-electron chi connectivity index (χ3n) is 2.98. The van der Waals surface area contributed by atoms with Gasteiger partial charge in [-0.2, -0.15) is 5.11 Å². The molecule has 0 bridgehead atoms. The van der Waals surface area contributed by atoms with Gasteiger partial charge in [-0.15, -0.1) is 0 Å². The standard InChI is InChI=1S/C13H21N3O3S/c1-4-7-16(2)8-9-20(17,18)11-5-6-13(19-3)12(10-11)15-14/h5-6,10,14H,4,7-9H2,1-3H3. The van der Waals surface area contributed by atoms with Gasteiger partial charge in [0.2, 0.25) is 0 Å². The lowest BCUT2D eigenvalue weighted by Crippen LogP contribution is -2.26. The number of benzene rings is 1. The summed E-state index contributed by atoms with van der Waals surface area (Å²) in [6, 6.07) is 4.39. The predicted molar refractivity (Wildman–Crippen MR) is 77.6 cm³/mol. The first-order valence-corrected chi connectivity index (χ1v) is 8.06. The normalized spacial score (nSPS) is 11.6. The maximum Gasteiger partial charge on any atom is 0.179 e. The van der Waals surface area contributed by atoms with E-state index in [1.165, 1.54) is 25.3 Å². The summed E-state index contributed by atoms with van der Waals surface area (Å²) in [4.78, 5) is 2.16. The van der Waals surface area contributed by atoms with Crippen LogP contribution >= 0.6 is 0 Å². The number of methoxy groups -OCH3 is 1. The van der Waals surface area contributed by atoms with E-state index in [2.05, 4.69) is 12.0 Å². The van der Waals surface area contributed by atoms with Crippen molar-refractivity contribution in [3.8, 4) is 5.75 Å². The van der Waals surface area contributed by atoms with Gasteiger partial charge in [-0.05, 0) is 38.2 Å². The Balaban J connectivity index is 2.90. The van der Waals surface area contributed by atoms with Crippen molar-refractivity contribution in [2.75, 3.05) is 33.0 Å². The molecule has 0 unspecified atom stereocenters. The highest BCUT2D eigenvalue weighted by Crippen LogP contribution is 2.30. The molecule has 0 saturated carbocycles. The van der Waals surface area contributed by atoms with Gasteiger partial charge in [-0.3, -0.25) is 0 Å². The minimum atomic E-state index is -3.37. The lowest BCUT2D eigenvalue weighted by molar-refractivity contribution is 0.354. The zero-order valence-corrected chi connectivity index (χ0v) is 12.9. The average molecular weight is 299 g/mol. The number of nitrogens with one attached hydrogen (secondary N) is 1. The number of nitrogens with zero attached hydrogens (tertiary/aromatic N) is 2. The molecule has 0 aromatic heterocycles. The van der Waals surface area contributed by atoms with Crippen molar-refractivity contribution >= 4 is 15.5 Å². The van der Waals surface area contributed by atoms with Crippen LogP contribution in [0.4, 0.5) is 5.69 Å². The van der Waals surface area contributed by atoms with Crippen molar-refractivity contribution in [3.63, 3.8) is 0 Å². The molecule has 6 nitrogen and oxygen atoms in total. The van der Waals surface area contributed by atoms with E-state index in [4.69, 9.17) is 10.3 Å². The van der Waals surface area contributed by atoms with Crippen LogP contribution in [0.5, 0.6) is 5.75 Å². The Hall–Kier alpha value is -1.47. The minimum absolute atomic E-state index is 0.0489. The van der Waals surface area contributed by atoms with E-state index in [0.29, 0.717) is 12.3 Å². The molecule has 112 valence electrons. The first-order chi connectivity index (χ1) is 9.44. The summed E-state index contributed by atoms with van der Waals surface area (Å²) in [6.45, 7) is 3.40. The van der Waals surface area contributed by atoms with Crippen molar-refractivity contribution in [3.05, 3.63) is 18.2 Å². The van der Waals surface area contributed by atoms with Crippen LogP contribution in [0.15, 0.2) is 28.2 Å². The highest BCUT2D eigenvalue weighted by molar-refractivity contribution is 7.91. The van der Waals surface area contributed by atoms with E-state index in [-0.39, 0.29) is 16.3 Å². The molecule has 1 rings (SSSR count). The second-order valence-corrected chi connectivity index (χ2v) is 6.68. The fourth-order valence-corrected chi connectivity index (χ4v) is 3.19. The summed E-state index contributed by atoms with van der Waals surface area (Å²) in [5, 5.41) is 3.29. The number of hydrogen-bond acceptors (Lipinski definition) is 6. The fourth-order valence-electron chi connectivity index (χ4n) is 1.84. The molecule has 1 aromatic rings. The van der Waals surface area contributed by atoms with Crippen LogP contribution < -0.4 is 4.74 Å². The van der Waals surface area contributed by atoms with Crippen molar-refractivity contribution in [2.45, 2.75) is 18.2 Å². The van der Waals surface area contributed by atoms with E-state index in [9.17, 15) is 8.42 Å². The van der Waals surface area contributed by atoms with E-state index in [0.717, 1.165) is 13.0 Å². The summed E-state index contributed by atoms with van der Waals surface area (Å²) >= 11 is 0. The Morgan fingerprint density at radius 1 is 1.35 bits per heavy atom. The molecule has 0 aliphatic rings. The summed E-state index contributed by atoms with van der Waals surface area (Å²) in [7, 11) is -0.0151. The molecule has 0 aliphatic carbocycles. The summed E-state index contributed by atoms with van der Waals surface area (Å²) < 4.78 is 29.5. The highest BCUT2D eigenvalue weighted by atomic mass is 32.2. The quantitative estimate of drug-likeness (QED) is 0.747. The largest absolute Gasteiger partial charge is 0.494 e. The summed E-state index contributed by atoms with van der Waals surface area (Å²) in [5.74, 6) is 0.440. The fraction of sp³-hybridized carbons (Fsp3) is 0.538. The van der Waals surface area contributed by atoms with Crippen molar-refractivity contribution in [1.29, 1.82) is 5.53 Å². The number of rotatable bonds is 8. The van der Waals surface area contributed by atoms with Crippen LogP contribution in [0.1, 0.15) is 13.3 Å². The van der Waals surface area contributed by atoms with Crippen molar-refractivity contribution in [2.24, 2.45) is 5.11 Å². The van der Waals surface area contributed by atoms with Crippen LogP contribution in [-0.4, -0.2) is 46.3 Å². The first-order valence-electron chi connectivity index (χ1n) is 6.41. The Morgan fingerprint density at radius 3 is 2.60 bits per heavy atom. The van der Waals surface area contributed by atoms with Gasteiger partial charge in [0.25, 0.3) is 0 Å². The molecule has 1 N–H and O–H groups in total.